The number of hydrogen-bond donors (Lipinski definition) is 1. The molecule has 88 valence electrons. The van der Waals surface area contributed by atoms with E-state index in [0.717, 1.165) is 30.9 Å². The third-order valence-electron chi connectivity index (χ3n) is 2.59. The van der Waals surface area contributed by atoms with Crippen molar-refractivity contribution in [2.45, 2.75) is 19.9 Å². The predicted molar refractivity (Wildman–Crippen MR) is 68.6 cm³/mol. The van der Waals surface area contributed by atoms with Gasteiger partial charge in [0.2, 0.25) is 0 Å². The second-order valence-electron chi connectivity index (χ2n) is 4.05. The Morgan fingerprint density at radius 2 is 1.94 bits per heavy atom. The lowest BCUT2D eigenvalue weighted by Crippen LogP contribution is -2.17. The molecule has 3 heteroatoms. The van der Waals surface area contributed by atoms with Crippen LogP contribution in [0.4, 0.5) is 0 Å². The van der Waals surface area contributed by atoms with Crippen LogP contribution in [-0.2, 0) is 13.0 Å². The van der Waals surface area contributed by atoms with E-state index >= 15 is 0 Å². The summed E-state index contributed by atoms with van der Waals surface area (Å²) in [5.41, 5.74) is 3.47. The van der Waals surface area contributed by atoms with Gasteiger partial charge in [-0.15, -0.1) is 0 Å². The van der Waals surface area contributed by atoms with Gasteiger partial charge in [0, 0.05) is 24.6 Å². The second-order valence-corrected chi connectivity index (χ2v) is 4.05. The minimum atomic E-state index is 0.826. The molecule has 2 aromatic heterocycles. The number of nitrogens with zero attached hydrogens (tertiary/aromatic N) is 2. The monoisotopic (exact) mass is 227 g/mol. The van der Waals surface area contributed by atoms with Gasteiger partial charge in [-0.05, 0) is 49.7 Å². The van der Waals surface area contributed by atoms with Crippen molar-refractivity contribution in [3.05, 3.63) is 59.7 Å². The van der Waals surface area contributed by atoms with E-state index in [1.165, 1.54) is 5.56 Å². The minimum Gasteiger partial charge on any atom is -0.311 e. The zero-order valence-electron chi connectivity index (χ0n) is 10.1. The van der Waals surface area contributed by atoms with Gasteiger partial charge < -0.3 is 5.32 Å². The van der Waals surface area contributed by atoms with Crippen molar-refractivity contribution in [1.82, 2.24) is 15.3 Å². The van der Waals surface area contributed by atoms with Gasteiger partial charge in [0.05, 0.1) is 5.69 Å². The van der Waals surface area contributed by atoms with Gasteiger partial charge >= 0.3 is 0 Å². The maximum Gasteiger partial charge on any atom is 0.0544 e. The summed E-state index contributed by atoms with van der Waals surface area (Å²) in [6.07, 6.45) is 4.68. The lowest BCUT2D eigenvalue weighted by atomic mass is 10.2. The van der Waals surface area contributed by atoms with Gasteiger partial charge in [0.15, 0.2) is 0 Å². The van der Waals surface area contributed by atoms with Crippen molar-refractivity contribution >= 4 is 0 Å². The Labute approximate surface area is 102 Å². The molecule has 2 rings (SSSR count). The molecule has 17 heavy (non-hydrogen) atoms. The van der Waals surface area contributed by atoms with E-state index in [4.69, 9.17) is 0 Å². The highest BCUT2D eigenvalue weighted by Gasteiger charge is 1.95. The zero-order valence-corrected chi connectivity index (χ0v) is 10.1. The maximum atomic E-state index is 4.45. The summed E-state index contributed by atoms with van der Waals surface area (Å²) in [4.78, 5) is 8.45. The first kappa shape index (κ1) is 11.7. The van der Waals surface area contributed by atoms with Crippen molar-refractivity contribution in [1.29, 1.82) is 0 Å². The smallest absolute Gasteiger partial charge is 0.0544 e. The summed E-state index contributed by atoms with van der Waals surface area (Å²) in [5, 5.41) is 3.39. The highest BCUT2D eigenvalue weighted by Crippen LogP contribution is 1.99. The van der Waals surface area contributed by atoms with E-state index in [9.17, 15) is 0 Å². The lowest BCUT2D eigenvalue weighted by molar-refractivity contribution is 0.673. The molecule has 0 aliphatic heterocycles. The molecule has 0 unspecified atom stereocenters. The van der Waals surface area contributed by atoms with Crippen molar-refractivity contribution in [2.75, 3.05) is 6.54 Å². The molecule has 0 spiro atoms. The Balaban J connectivity index is 1.73. The van der Waals surface area contributed by atoms with Crippen LogP contribution in [0.5, 0.6) is 0 Å². The van der Waals surface area contributed by atoms with Crippen LogP contribution in [0.3, 0.4) is 0 Å². The Morgan fingerprint density at radius 3 is 2.71 bits per heavy atom. The Morgan fingerprint density at radius 1 is 1.12 bits per heavy atom. The molecule has 2 aromatic rings. The molecule has 0 saturated carbocycles. The fraction of sp³-hybridized carbons (Fsp3) is 0.286. The SMILES string of the molecule is Cc1cccc(CNCCc2ccncc2)n1. The summed E-state index contributed by atoms with van der Waals surface area (Å²) in [6, 6.07) is 10.2. The average Bonchev–Trinajstić information content (AvgIpc) is 2.36. The second kappa shape index (κ2) is 6.11. The van der Waals surface area contributed by atoms with Crippen molar-refractivity contribution in [2.24, 2.45) is 0 Å². The van der Waals surface area contributed by atoms with Crippen LogP contribution in [0.15, 0.2) is 42.7 Å². The summed E-state index contributed by atoms with van der Waals surface area (Å²) < 4.78 is 0. The van der Waals surface area contributed by atoms with Crippen LogP contribution in [-0.4, -0.2) is 16.5 Å². The molecule has 0 amide bonds. The quantitative estimate of drug-likeness (QED) is 0.795. The molecule has 0 aromatic carbocycles. The molecule has 0 radical (unpaired) electrons. The molecular weight excluding hydrogens is 210 g/mol. The van der Waals surface area contributed by atoms with Gasteiger partial charge in [-0.25, -0.2) is 0 Å². The molecule has 0 atom stereocenters. The highest BCUT2D eigenvalue weighted by molar-refractivity contribution is 5.11. The van der Waals surface area contributed by atoms with Crippen molar-refractivity contribution in [3.8, 4) is 0 Å². The van der Waals surface area contributed by atoms with Gasteiger partial charge in [-0.1, -0.05) is 6.07 Å². The van der Waals surface area contributed by atoms with E-state index in [2.05, 4.69) is 15.3 Å². The summed E-state index contributed by atoms with van der Waals surface area (Å²) in [5.74, 6) is 0. The topological polar surface area (TPSA) is 37.8 Å². The molecule has 0 saturated heterocycles. The Hall–Kier alpha value is -1.74. The first-order chi connectivity index (χ1) is 8.34. The molecule has 0 aliphatic carbocycles. The van der Waals surface area contributed by atoms with Crippen molar-refractivity contribution in [3.63, 3.8) is 0 Å². The van der Waals surface area contributed by atoms with Crippen LogP contribution in [0.2, 0.25) is 0 Å². The van der Waals surface area contributed by atoms with E-state index in [-0.39, 0.29) is 0 Å². The summed E-state index contributed by atoms with van der Waals surface area (Å²) >= 11 is 0. The maximum absolute atomic E-state index is 4.45. The average molecular weight is 227 g/mol. The normalized spacial score (nSPS) is 10.4. The van der Waals surface area contributed by atoms with E-state index < -0.39 is 0 Å². The molecule has 0 aliphatic rings. The first-order valence-electron chi connectivity index (χ1n) is 5.87. The molecule has 1 N–H and O–H groups in total. The Bertz CT molecular complexity index is 454. The molecule has 0 fully saturated rings. The molecular formula is C14H17N3. The van der Waals surface area contributed by atoms with Crippen LogP contribution < -0.4 is 5.32 Å². The number of pyridine rings is 2. The summed E-state index contributed by atoms with van der Waals surface area (Å²) in [7, 11) is 0. The van der Waals surface area contributed by atoms with Crippen LogP contribution >= 0.6 is 0 Å². The van der Waals surface area contributed by atoms with E-state index in [0.29, 0.717) is 0 Å². The highest BCUT2D eigenvalue weighted by atomic mass is 14.9. The fourth-order valence-electron chi connectivity index (χ4n) is 1.70. The van der Waals surface area contributed by atoms with Crippen molar-refractivity contribution < 1.29 is 0 Å². The molecule has 3 nitrogen and oxygen atoms in total. The van der Waals surface area contributed by atoms with Crippen LogP contribution in [0.25, 0.3) is 0 Å². The van der Waals surface area contributed by atoms with E-state index in [1.807, 2.05) is 49.6 Å². The third-order valence-corrected chi connectivity index (χ3v) is 2.59. The third kappa shape index (κ3) is 3.96. The lowest BCUT2D eigenvalue weighted by Gasteiger charge is -2.05. The van der Waals surface area contributed by atoms with Gasteiger partial charge in [0.25, 0.3) is 0 Å². The van der Waals surface area contributed by atoms with Gasteiger partial charge in [0.1, 0.15) is 0 Å². The van der Waals surface area contributed by atoms with Crippen LogP contribution in [0.1, 0.15) is 17.0 Å². The van der Waals surface area contributed by atoms with E-state index in [1.54, 1.807) is 0 Å². The predicted octanol–water partition coefficient (Wildman–Crippen LogP) is 2.12. The summed E-state index contributed by atoms with van der Waals surface area (Å²) in [6.45, 7) is 3.80. The zero-order chi connectivity index (χ0) is 11.9. The number of nitrogens with one attached hydrogen (secondary N) is 1. The number of aromatic nitrogens is 2. The standard InChI is InChI=1S/C14H17N3/c1-12-3-2-4-14(17-12)11-16-10-7-13-5-8-15-9-6-13/h2-6,8-9,16H,7,10-11H2,1H3. The molecule has 2 heterocycles. The number of rotatable bonds is 5. The van der Waals surface area contributed by atoms with Gasteiger partial charge in [-0.2, -0.15) is 0 Å². The first-order valence-corrected chi connectivity index (χ1v) is 5.87. The van der Waals surface area contributed by atoms with Gasteiger partial charge in [-0.3, -0.25) is 9.97 Å². The Kier molecular flexibility index (Phi) is 4.22. The minimum absolute atomic E-state index is 0.826. The largest absolute Gasteiger partial charge is 0.311 e. The molecule has 0 bridgehead atoms. The number of aryl methyl sites for hydroxylation is 1. The fourth-order valence-corrected chi connectivity index (χ4v) is 1.70. The van der Waals surface area contributed by atoms with Crippen LogP contribution in [0, 0.1) is 6.92 Å². The number of hydrogen-bond acceptors (Lipinski definition) is 3.